The lowest BCUT2D eigenvalue weighted by atomic mass is 10.1. The largest absolute Gasteiger partial charge is 0.454 e. The van der Waals surface area contributed by atoms with Crippen molar-refractivity contribution < 1.29 is 14.4 Å². The molecule has 112 valence electrons. The van der Waals surface area contributed by atoms with Crippen LogP contribution in [0.25, 0.3) is 0 Å². The zero-order chi connectivity index (χ0) is 15.5. The number of rotatable bonds is 4. The summed E-state index contributed by atoms with van der Waals surface area (Å²) in [6.45, 7) is 2.06. The standard InChI is InChI=1S/C15H13N3O4/c1-10(11-5-6-14-15(7-11)22-9-21-14)16-17-12-3-2-4-13(8-12)18(19)20/h2-8,17H,9H2,1H3/b16-10+. The molecule has 0 saturated carbocycles. The van der Waals surface area contributed by atoms with Crippen LogP contribution < -0.4 is 14.9 Å². The number of benzene rings is 2. The number of non-ortho nitro benzene ring substituents is 1. The molecule has 3 rings (SSSR count). The number of fused-ring (bicyclic) bond motifs is 1. The van der Waals surface area contributed by atoms with Gasteiger partial charge in [0.05, 0.1) is 16.3 Å². The minimum absolute atomic E-state index is 0.0148. The highest BCUT2D eigenvalue weighted by Crippen LogP contribution is 2.32. The van der Waals surface area contributed by atoms with Crippen LogP contribution in [0.4, 0.5) is 11.4 Å². The van der Waals surface area contributed by atoms with Crippen molar-refractivity contribution >= 4 is 17.1 Å². The Bertz CT molecular complexity index is 758. The molecular weight excluding hydrogens is 286 g/mol. The Labute approximate surface area is 126 Å². The first-order chi connectivity index (χ1) is 10.6. The lowest BCUT2D eigenvalue weighted by molar-refractivity contribution is -0.384. The first kappa shape index (κ1) is 13.9. The van der Waals surface area contributed by atoms with Crippen molar-refractivity contribution in [1.82, 2.24) is 0 Å². The summed E-state index contributed by atoms with van der Waals surface area (Å²) in [5.41, 5.74) is 4.99. The average molecular weight is 299 g/mol. The summed E-state index contributed by atoms with van der Waals surface area (Å²) >= 11 is 0. The van der Waals surface area contributed by atoms with Crippen LogP contribution in [0.15, 0.2) is 47.6 Å². The second-order valence-electron chi connectivity index (χ2n) is 4.68. The van der Waals surface area contributed by atoms with E-state index < -0.39 is 4.92 Å². The maximum Gasteiger partial charge on any atom is 0.271 e. The van der Waals surface area contributed by atoms with Crippen molar-refractivity contribution in [1.29, 1.82) is 0 Å². The summed E-state index contributed by atoms with van der Waals surface area (Å²) in [6.07, 6.45) is 0. The number of ether oxygens (including phenoxy) is 2. The number of nitrogens with zero attached hydrogens (tertiary/aromatic N) is 2. The molecule has 22 heavy (non-hydrogen) atoms. The molecule has 1 aliphatic heterocycles. The predicted molar refractivity (Wildman–Crippen MR) is 81.5 cm³/mol. The van der Waals surface area contributed by atoms with Crippen molar-refractivity contribution in [2.24, 2.45) is 5.10 Å². The van der Waals surface area contributed by atoms with Gasteiger partial charge in [-0.15, -0.1) is 0 Å². The fourth-order valence-corrected chi connectivity index (χ4v) is 2.02. The van der Waals surface area contributed by atoms with Crippen LogP contribution >= 0.6 is 0 Å². The lowest BCUT2D eigenvalue weighted by Crippen LogP contribution is -2.00. The summed E-state index contributed by atoms with van der Waals surface area (Å²) in [4.78, 5) is 10.3. The van der Waals surface area contributed by atoms with Crippen molar-refractivity contribution in [2.45, 2.75) is 6.92 Å². The Morgan fingerprint density at radius 2 is 2.05 bits per heavy atom. The molecule has 0 aliphatic carbocycles. The molecule has 0 amide bonds. The van der Waals surface area contributed by atoms with E-state index in [1.54, 1.807) is 12.1 Å². The van der Waals surface area contributed by atoms with E-state index in [2.05, 4.69) is 10.5 Å². The van der Waals surface area contributed by atoms with Crippen molar-refractivity contribution in [3.05, 3.63) is 58.1 Å². The van der Waals surface area contributed by atoms with Gasteiger partial charge in [0.15, 0.2) is 11.5 Å². The van der Waals surface area contributed by atoms with Gasteiger partial charge in [0.25, 0.3) is 5.69 Å². The van der Waals surface area contributed by atoms with E-state index in [-0.39, 0.29) is 12.5 Å². The highest BCUT2D eigenvalue weighted by molar-refractivity contribution is 5.99. The second kappa shape index (κ2) is 5.72. The molecule has 1 heterocycles. The lowest BCUT2D eigenvalue weighted by Gasteiger charge is -2.05. The molecular formula is C15H13N3O4. The number of anilines is 1. The van der Waals surface area contributed by atoms with Crippen LogP contribution in [0, 0.1) is 10.1 Å². The summed E-state index contributed by atoms with van der Waals surface area (Å²) in [5, 5.41) is 15.0. The zero-order valence-corrected chi connectivity index (χ0v) is 11.8. The van der Waals surface area contributed by atoms with Crippen molar-refractivity contribution in [2.75, 3.05) is 12.2 Å². The number of hydrazone groups is 1. The van der Waals surface area contributed by atoms with Gasteiger partial charge in [-0.1, -0.05) is 6.07 Å². The molecule has 0 fully saturated rings. The fourth-order valence-electron chi connectivity index (χ4n) is 2.02. The molecule has 1 N–H and O–H groups in total. The van der Waals surface area contributed by atoms with Gasteiger partial charge >= 0.3 is 0 Å². The molecule has 2 aromatic rings. The number of nitro groups is 1. The molecule has 0 atom stereocenters. The smallest absolute Gasteiger partial charge is 0.271 e. The number of hydrogen-bond donors (Lipinski definition) is 1. The van der Waals surface area contributed by atoms with Crippen LogP contribution in [0.3, 0.4) is 0 Å². The second-order valence-corrected chi connectivity index (χ2v) is 4.68. The zero-order valence-electron chi connectivity index (χ0n) is 11.8. The average Bonchev–Trinajstić information content (AvgIpc) is 3.00. The Hall–Kier alpha value is -3.09. The van der Waals surface area contributed by atoms with E-state index in [1.165, 1.54) is 12.1 Å². The van der Waals surface area contributed by atoms with Gasteiger partial charge in [0.1, 0.15) is 0 Å². The van der Waals surface area contributed by atoms with E-state index in [0.29, 0.717) is 17.2 Å². The van der Waals surface area contributed by atoms with Crippen molar-refractivity contribution in [3.8, 4) is 11.5 Å². The minimum Gasteiger partial charge on any atom is -0.454 e. The van der Waals surface area contributed by atoms with Crippen molar-refractivity contribution in [3.63, 3.8) is 0 Å². The Morgan fingerprint density at radius 3 is 2.86 bits per heavy atom. The van der Waals surface area contributed by atoms with E-state index in [9.17, 15) is 10.1 Å². The molecule has 2 aromatic carbocycles. The summed E-state index contributed by atoms with van der Waals surface area (Å²) in [7, 11) is 0. The molecule has 0 unspecified atom stereocenters. The predicted octanol–water partition coefficient (Wildman–Crippen LogP) is 3.16. The van der Waals surface area contributed by atoms with Crippen LogP contribution in [0.5, 0.6) is 11.5 Å². The Morgan fingerprint density at radius 1 is 1.23 bits per heavy atom. The van der Waals surface area contributed by atoms with Crippen LogP contribution in [-0.2, 0) is 0 Å². The first-order valence-corrected chi connectivity index (χ1v) is 6.58. The number of nitro benzene ring substituents is 1. The van der Waals surface area contributed by atoms with Crippen LogP contribution in [0.2, 0.25) is 0 Å². The molecule has 7 heteroatoms. The first-order valence-electron chi connectivity index (χ1n) is 6.58. The topological polar surface area (TPSA) is 86.0 Å². The molecule has 0 bridgehead atoms. The third-order valence-corrected chi connectivity index (χ3v) is 3.20. The Balaban J connectivity index is 1.77. The quantitative estimate of drug-likeness (QED) is 0.532. The maximum atomic E-state index is 10.7. The molecule has 0 saturated heterocycles. The Kier molecular flexibility index (Phi) is 3.61. The summed E-state index contributed by atoms with van der Waals surface area (Å²) < 4.78 is 10.6. The molecule has 1 aliphatic rings. The van der Waals surface area contributed by atoms with Gasteiger partial charge in [-0.05, 0) is 31.2 Å². The summed E-state index contributed by atoms with van der Waals surface area (Å²) in [6, 6.07) is 11.7. The molecule has 0 radical (unpaired) electrons. The van der Waals surface area contributed by atoms with E-state index in [1.807, 2.05) is 25.1 Å². The highest BCUT2D eigenvalue weighted by Gasteiger charge is 2.14. The van der Waals surface area contributed by atoms with Gasteiger partial charge in [0, 0.05) is 17.7 Å². The third kappa shape index (κ3) is 2.83. The third-order valence-electron chi connectivity index (χ3n) is 3.20. The van der Waals surface area contributed by atoms with E-state index in [0.717, 1.165) is 11.3 Å². The fraction of sp³-hybridized carbons (Fsp3) is 0.133. The van der Waals surface area contributed by atoms with Gasteiger partial charge in [0.2, 0.25) is 6.79 Å². The van der Waals surface area contributed by atoms with Gasteiger partial charge in [-0.2, -0.15) is 5.10 Å². The van der Waals surface area contributed by atoms with Gasteiger partial charge in [-0.25, -0.2) is 0 Å². The monoisotopic (exact) mass is 299 g/mol. The molecule has 0 spiro atoms. The van der Waals surface area contributed by atoms with Gasteiger partial charge in [-0.3, -0.25) is 15.5 Å². The van der Waals surface area contributed by atoms with Gasteiger partial charge < -0.3 is 9.47 Å². The maximum absolute atomic E-state index is 10.7. The van der Waals surface area contributed by atoms with Crippen LogP contribution in [0.1, 0.15) is 12.5 Å². The van der Waals surface area contributed by atoms with E-state index in [4.69, 9.17) is 9.47 Å². The highest BCUT2D eigenvalue weighted by atomic mass is 16.7. The molecule has 0 aromatic heterocycles. The number of nitrogens with one attached hydrogen (secondary N) is 1. The summed E-state index contributed by atoms with van der Waals surface area (Å²) in [5.74, 6) is 1.39. The number of hydrogen-bond acceptors (Lipinski definition) is 6. The van der Waals surface area contributed by atoms with E-state index >= 15 is 0 Å². The van der Waals surface area contributed by atoms with Crippen LogP contribution in [-0.4, -0.2) is 17.4 Å². The SMILES string of the molecule is C/C(=N\Nc1cccc([N+](=O)[O-])c1)c1ccc2c(c1)OCO2. The minimum atomic E-state index is -0.445. The normalized spacial score (nSPS) is 13.0. The molecule has 7 nitrogen and oxygen atoms in total.